The zero-order chi connectivity index (χ0) is 20.0. The molecule has 0 spiro atoms. The highest BCUT2D eigenvalue weighted by atomic mass is 32.2. The van der Waals surface area contributed by atoms with E-state index < -0.39 is 29.5 Å². The van der Waals surface area contributed by atoms with Crippen LogP contribution < -0.4 is 16.0 Å². The summed E-state index contributed by atoms with van der Waals surface area (Å²) in [4.78, 5) is 37.1. The van der Waals surface area contributed by atoms with Crippen LogP contribution in [0.4, 0.5) is 0 Å². The lowest BCUT2D eigenvalue weighted by molar-refractivity contribution is -0.308. The van der Waals surface area contributed by atoms with Crippen LogP contribution in [-0.4, -0.2) is 44.9 Å². The maximum Gasteiger partial charge on any atom is 0.278 e. The molecule has 1 aromatic heterocycles. The minimum Gasteiger partial charge on any atom is -0.548 e. The van der Waals surface area contributed by atoms with Gasteiger partial charge >= 0.3 is 0 Å². The van der Waals surface area contributed by atoms with Crippen molar-refractivity contribution in [3.8, 4) is 0 Å². The number of rotatable bonds is 9. The molecule has 0 aliphatic heterocycles. The molecule has 2 rings (SSSR count). The summed E-state index contributed by atoms with van der Waals surface area (Å²) in [7, 11) is 0. The van der Waals surface area contributed by atoms with E-state index in [1.54, 1.807) is 24.3 Å². The highest BCUT2D eigenvalue weighted by Crippen LogP contribution is 2.20. The predicted molar refractivity (Wildman–Crippen MR) is 102 cm³/mol. The summed E-state index contributed by atoms with van der Waals surface area (Å²) < 4.78 is 1.05. The minimum absolute atomic E-state index is 0.237. The van der Waals surface area contributed by atoms with E-state index >= 15 is 0 Å². The average Bonchev–Trinajstić information content (AvgIpc) is 2.66. The Labute approximate surface area is 161 Å². The maximum atomic E-state index is 12.9. The monoisotopic (exact) mass is 391 g/mol. The van der Waals surface area contributed by atoms with Gasteiger partial charge in [-0.15, -0.1) is 5.10 Å². The molecule has 0 aliphatic rings. The van der Waals surface area contributed by atoms with Gasteiger partial charge in [0.15, 0.2) is 0 Å². The predicted octanol–water partition coefficient (Wildman–Crippen LogP) is 0.367. The van der Waals surface area contributed by atoms with Crippen molar-refractivity contribution >= 4 is 34.5 Å². The molecule has 1 heterocycles. The van der Waals surface area contributed by atoms with E-state index in [1.165, 1.54) is 11.8 Å². The number of nitrogens with zero attached hydrogens (tertiary/aromatic N) is 3. The first-order valence-corrected chi connectivity index (χ1v) is 10.1. The lowest BCUT2D eigenvalue weighted by atomic mass is 9.98. The first kappa shape index (κ1) is 20.9. The van der Waals surface area contributed by atoms with E-state index in [1.807, 2.05) is 20.1 Å². The minimum atomic E-state index is -1.35. The molecular formula is C18H23N4O4S-. The van der Waals surface area contributed by atoms with Crippen LogP contribution in [0.2, 0.25) is 0 Å². The summed E-state index contributed by atoms with van der Waals surface area (Å²) in [6.45, 7) is 3.69. The fourth-order valence-electron chi connectivity index (χ4n) is 2.76. The molecule has 0 saturated heterocycles. The zero-order valence-corrected chi connectivity index (χ0v) is 16.4. The van der Waals surface area contributed by atoms with Crippen molar-refractivity contribution in [1.29, 1.82) is 0 Å². The molecule has 146 valence electrons. The molecule has 2 aromatic rings. The van der Waals surface area contributed by atoms with Gasteiger partial charge in [0.25, 0.3) is 5.56 Å². The third-order valence-corrected chi connectivity index (χ3v) is 5.16. The number of thioether (sulfide) groups is 1. The maximum absolute atomic E-state index is 12.9. The van der Waals surface area contributed by atoms with Gasteiger partial charge in [0.1, 0.15) is 11.6 Å². The van der Waals surface area contributed by atoms with Crippen molar-refractivity contribution < 1.29 is 14.7 Å². The fourth-order valence-corrected chi connectivity index (χ4v) is 3.23. The molecule has 9 heteroatoms. The van der Waals surface area contributed by atoms with Gasteiger partial charge < -0.3 is 15.2 Å². The Morgan fingerprint density at radius 3 is 2.67 bits per heavy atom. The largest absolute Gasteiger partial charge is 0.548 e. The van der Waals surface area contributed by atoms with Crippen molar-refractivity contribution in [3.63, 3.8) is 0 Å². The van der Waals surface area contributed by atoms with Crippen molar-refractivity contribution in [1.82, 2.24) is 20.3 Å². The van der Waals surface area contributed by atoms with Gasteiger partial charge in [-0.25, -0.2) is 0 Å². The number of carbonyl (C=O) groups is 2. The average molecular weight is 391 g/mol. The molecule has 0 bridgehead atoms. The standard InChI is InChI=1S/C18H24N4O4S/c1-4-11(2)15(16(23)19-14(18(25)26)9-10-27-3)22-17(24)12-7-5-6-8-13(12)20-21-22/h5-8,11,14-15H,4,9-10H2,1-3H3,(H,19,23)(H,25,26)/p-1/t11-,14-,15-/m0/s1. The number of carboxylic acids is 1. The van der Waals surface area contributed by atoms with Crippen LogP contribution in [0, 0.1) is 5.92 Å². The van der Waals surface area contributed by atoms with Crippen LogP contribution >= 0.6 is 11.8 Å². The Kier molecular flexibility index (Phi) is 7.35. The van der Waals surface area contributed by atoms with Gasteiger partial charge in [0, 0.05) is 0 Å². The van der Waals surface area contributed by atoms with Crippen molar-refractivity contribution in [3.05, 3.63) is 34.6 Å². The molecule has 27 heavy (non-hydrogen) atoms. The van der Waals surface area contributed by atoms with Crippen molar-refractivity contribution in [2.24, 2.45) is 5.92 Å². The van der Waals surface area contributed by atoms with Gasteiger partial charge in [-0.3, -0.25) is 9.59 Å². The number of aliphatic carboxylic acids is 1. The number of benzene rings is 1. The van der Waals surface area contributed by atoms with Gasteiger partial charge in [-0.1, -0.05) is 37.6 Å². The first-order chi connectivity index (χ1) is 12.9. The first-order valence-electron chi connectivity index (χ1n) is 8.75. The zero-order valence-electron chi connectivity index (χ0n) is 15.5. The van der Waals surface area contributed by atoms with Gasteiger partial charge in [-0.05, 0) is 36.5 Å². The molecule has 3 atom stereocenters. The second-order valence-electron chi connectivity index (χ2n) is 6.35. The SMILES string of the molecule is CC[C@H](C)[C@@H](C(=O)N[C@@H](CCSC)C(=O)[O-])n1nnc2ccccc2c1=O. The number of hydrogen-bond acceptors (Lipinski definition) is 7. The fraction of sp³-hybridized carbons (Fsp3) is 0.500. The number of fused-ring (bicyclic) bond motifs is 1. The van der Waals surface area contributed by atoms with E-state index in [-0.39, 0.29) is 12.3 Å². The van der Waals surface area contributed by atoms with Crippen LogP contribution in [0.15, 0.2) is 29.1 Å². The Bertz CT molecular complexity index is 870. The molecule has 1 N–H and O–H groups in total. The van der Waals surface area contributed by atoms with E-state index in [0.29, 0.717) is 23.1 Å². The van der Waals surface area contributed by atoms with E-state index in [4.69, 9.17) is 0 Å². The topological polar surface area (TPSA) is 117 Å². The van der Waals surface area contributed by atoms with Crippen molar-refractivity contribution in [2.75, 3.05) is 12.0 Å². The van der Waals surface area contributed by atoms with E-state index in [2.05, 4.69) is 15.6 Å². The van der Waals surface area contributed by atoms with Crippen LogP contribution in [-0.2, 0) is 9.59 Å². The summed E-state index contributed by atoms with van der Waals surface area (Å²) in [5.74, 6) is -1.62. The summed E-state index contributed by atoms with van der Waals surface area (Å²) in [6.07, 6.45) is 2.68. The summed E-state index contributed by atoms with van der Waals surface area (Å²) >= 11 is 1.47. The number of aromatic nitrogens is 3. The summed E-state index contributed by atoms with van der Waals surface area (Å²) in [5, 5.41) is 22.2. The Morgan fingerprint density at radius 2 is 2.04 bits per heavy atom. The molecule has 0 fully saturated rings. The Balaban J connectivity index is 2.40. The summed E-state index contributed by atoms with van der Waals surface area (Å²) in [6, 6.07) is 4.66. The number of amides is 1. The quantitative estimate of drug-likeness (QED) is 0.656. The molecule has 1 amide bonds. The summed E-state index contributed by atoms with van der Waals surface area (Å²) in [5.41, 5.74) is 0.00445. The Hall–Kier alpha value is -2.42. The van der Waals surface area contributed by atoms with Crippen LogP contribution in [0.25, 0.3) is 10.9 Å². The van der Waals surface area contributed by atoms with Crippen molar-refractivity contribution in [2.45, 2.75) is 38.8 Å². The third kappa shape index (κ3) is 4.85. The smallest absolute Gasteiger partial charge is 0.278 e. The molecule has 0 saturated carbocycles. The van der Waals surface area contributed by atoms with Gasteiger partial charge in [-0.2, -0.15) is 16.4 Å². The Morgan fingerprint density at radius 1 is 1.33 bits per heavy atom. The van der Waals surface area contributed by atoms with Gasteiger partial charge in [0.2, 0.25) is 5.91 Å². The molecular weight excluding hydrogens is 368 g/mol. The normalized spacial score (nSPS) is 14.5. The van der Waals surface area contributed by atoms with Gasteiger partial charge in [0.05, 0.1) is 17.4 Å². The molecule has 0 aliphatic carbocycles. The third-order valence-electron chi connectivity index (χ3n) is 4.52. The lowest BCUT2D eigenvalue weighted by Gasteiger charge is -2.26. The molecule has 1 aromatic carbocycles. The molecule has 0 unspecified atom stereocenters. The number of nitrogens with one attached hydrogen (secondary N) is 1. The molecule has 0 radical (unpaired) electrons. The van der Waals surface area contributed by atoms with Crippen LogP contribution in [0.1, 0.15) is 32.7 Å². The van der Waals surface area contributed by atoms with E-state index in [9.17, 15) is 19.5 Å². The second-order valence-corrected chi connectivity index (χ2v) is 7.33. The highest BCUT2D eigenvalue weighted by molar-refractivity contribution is 7.98. The van der Waals surface area contributed by atoms with E-state index in [0.717, 1.165) is 4.68 Å². The number of carboxylic acid groups (broad SMARTS) is 1. The molecule has 8 nitrogen and oxygen atoms in total. The van der Waals surface area contributed by atoms with Crippen LogP contribution in [0.3, 0.4) is 0 Å². The van der Waals surface area contributed by atoms with Crippen LogP contribution in [0.5, 0.6) is 0 Å². The second kappa shape index (κ2) is 9.50. The number of hydrogen-bond donors (Lipinski definition) is 1. The highest BCUT2D eigenvalue weighted by Gasteiger charge is 2.30. The number of carbonyl (C=O) groups excluding carboxylic acids is 2. The lowest BCUT2D eigenvalue weighted by Crippen LogP contribution is -2.52.